The Bertz CT molecular complexity index is 891. The molecule has 0 unspecified atom stereocenters. The third-order valence-corrected chi connectivity index (χ3v) is 5.23. The summed E-state index contributed by atoms with van der Waals surface area (Å²) in [5.74, 6) is -0.154. The summed E-state index contributed by atoms with van der Waals surface area (Å²) in [6, 6.07) is 5.20. The first-order valence-electron chi connectivity index (χ1n) is 10.5. The summed E-state index contributed by atoms with van der Waals surface area (Å²) in [5, 5.41) is 5.44. The normalized spacial score (nSPS) is 18.2. The molecule has 1 aromatic carbocycles. The van der Waals surface area contributed by atoms with E-state index < -0.39 is 17.8 Å². The number of carbonyl (C=O) groups is 2. The number of rotatable bonds is 7. The van der Waals surface area contributed by atoms with E-state index in [1.807, 2.05) is 4.90 Å². The van der Waals surface area contributed by atoms with Gasteiger partial charge in [-0.05, 0) is 24.6 Å². The van der Waals surface area contributed by atoms with Crippen molar-refractivity contribution >= 4 is 23.4 Å². The number of piperazine rings is 1. The summed E-state index contributed by atoms with van der Waals surface area (Å²) in [4.78, 5) is 27.7. The first-order valence-corrected chi connectivity index (χ1v) is 10.5. The standard InChI is InChI=1S/C22H27F3N4O3/c1-2-4-17(22(23,24)25)5-3-8-28-9-11-29(12-10-28)14-20(30)26-18-6-7-19-16(13-18)15-32-21(31)27-19/h3-7,13H,2,8-12,14-15H2,1H3,(H,26,30)(H,27,31)/b5-3-,17-4+. The number of nitrogens with one attached hydrogen (secondary N) is 2. The fourth-order valence-corrected chi connectivity index (χ4v) is 3.56. The molecular formula is C22H27F3N4O3. The monoisotopic (exact) mass is 452 g/mol. The fourth-order valence-electron chi connectivity index (χ4n) is 3.56. The number of hydrogen-bond donors (Lipinski definition) is 2. The van der Waals surface area contributed by atoms with Crippen molar-refractivity contribution < 1.29 is 27.5 Å². The number of carbonyl (C=O) groups excluding carboxylic acids is 2. The second-order valence-electron chi connectivity index (χ2n) is 7.67. The highest BCUT2D eigenvalue weighted by Crippen LogP contribution is 2.27. The van der Waals surface area contributed by atoms with Crippen LogP contribution in [0.2, 0.25) is 0 Å². The van der Waals surface area contributed by atoms with Crippen molar-refractivity contribution in [1.82, 2.24) is 9.80 Å². The van der Waals surface area contributed by atoms with Crippen molar-refractivity contribution in [3.8, 4) is 0 Å². The van der Waals surface area contributed by atoms with E-state index >= 15 is 0 Å². The van der Waals surface area contributed by atoms with Gasteiger partial charge in [-0.1, -0.05) is 25.2 Å². The summed E-state index contributed by atoms with van der Waals surface area (Å²) >= 11 is 0. The average Bonchev–Trinajstić information content (AvgIpc) is 2.73. The van der Waals surface area contributed by atoms with Gasteiger partial charge < -0.3 is 10.1 Å². The maximum Gasteiger partial charge on any atom is 0.416 e. The lowest BCUT2D eigenvalue weighted by atomic mass is 10.1. The predicted molar refractivity (Wildman–Crippen MR) is 115 cm³/mol. The van der Waals surface area contributed by atoms with E-state index in [2.05, 4.69) is 15.5 Å². The molecule has 3 rings (SSSR count). The van der Waals surface area contributed by atoms with Crippen LogP contribution in [0, 0.1) is 0 Å². The Morgan fingerprint density at radius 1 is 1.22 bits per heavy atom. The number of halogens is 3. The summed E-state index contributed by atoms with van der Waals surface area (Å²) in [5.41, 5.74) is 1.45. The van der Waals surface area contributed by atoms with Crippen molar-refractivity contribution in [2.45, 2.75) is 26.1 Å². The van der Waals surface area contributed by atoms with E-state index in [4.69, 9.17) is 4.74 Å². The van der Waals surface area contributed by atoms with Gasteiger partial charge >= 0.3 is 12.3 Å². The van der Waals surface area contributed by atoms with Crippen LogP contribution in [0.4, 0.5) is 29.3 Å². The van der Waals surface area contributed by atoms with Gasteiger partial charge in [-0.3, -0.25) is 19.9 Å². The molecule has 1 aromatic rings. The van der Waals surface area contributed by atoms with Gasteiger partial charge in [-0.25, -0.2) is 4.79 Å². The van der Waals surface area contributed by atoms with Gasteiger partial charge in [0.25, 0.3) is 0 Å². The van der Waals surface area contributed by atoms with Gasteiger partial charge in [-0.15, -0.1) is 0 Å². The van der Waals surface area contributed by atoms with Crippen molar-refractivity contribution in [3.05, 3.63) is 47.6 Å². The molecule has 1 fully saturated rings. The van der Waals surface area contributed by atoms with Crippen LogP contribution in [0.15, 0.2) is 42.0 Å². The molecule has 2 aliphatic heterocycles. The number of amides is 2. The lowest BCUT2D eigenvalue weighted by Crippen LogP contribution is -2.48. The first-order chi connectivity index (χ1) is 15.2. The maximum absolute atomic E-state index is 12.9. The summed E-state index contributed by atoms with van der Waals surface area (Å²) < 4.78 is 43.6. The molecule has 10 heteroatoms. The molecule has 0 bridgehead atoms. The Balaban J connectivity index is 1.42. The van der Waals surface area contributed by atoms with Crippen molar-refractivity contribution in [3.63, 3.8) is 0 Å². The summed E-state index contributed by atoms with van der Waals surface area (Å²) in [6.45, 7) is 5.15. The minimum Gasteiger partial charge on any atom is -0.444 e. The number of fused-ring (bicyclic) bond motifs is 1. The number of alkyl halides is 3. The first kappa shape index (κ1) is 23.8. The van der Waals surface area contributed by atoms with Crippen LogP contribution < -0.4 is 10.6 Å². The van der Waals surface area contributed by atoms with Gasteiger partial charge in [0.1, 0.15) is 6.61 Å². The quantitative estimate of drug-likeness (QED) is 0.617. The SMILES string of the molecule is CC/C=C(\C=C/CN1CCN(CC(=O)Nc2ccc3c(c2)COC(=O)N3)CC1)C(F)(F)F. The van der Waals surface area contributed by atoms with Crippen molar-refractivity contribution in [2.24, 2.45) is 0 Å². The van der Waals surface area contributed by atoms with Crippen LogP contribution in [-0.2, 0) is 16.1 Å². The van der Waals surface area contributed by atoms with Gasteiger partial charge in [0.05, 0.1) is 17.8 Å². The van der Waals surface area contributed by atoms with E-state index in [9.17, 15) is 22.8 Å². The molecule has 0 atom stereocenters. The minimum atomic E-state index is -4.34. The van der Waals surface area contributed by atoms with Crippen LogP contribution in [0.5, 0.6) is 0 Å². The smallest absolute Gasteiger partial charge is 0.416 e. The number of hydrogen-bond acceptors (Lipinski definition) is 5. The Kier molecular flexibility index (Phi) is 7.92. The number of nitrogens with zero attached hydrogens (tertiary/aromatic N) is 2. The zero-order chi connectivity index (χ0) is 23.1. The van der Waals surface area contributed by atoms with Crippen LogP contribution >= 0.6 is 0 Å². The highest BCUT2D eigenvalue weighted by molar-refractivity contribution is 5.93. The fraction of sp³-hybridized carbons (Fsp3) is 0.455. The second kappa shape index (κ2) is 10.6. The molecule has 0 aliphatic carbocycles. The zero-order valence-corrected chi connectivity index (χ0v) is 17.9. The Labute approximate surface area is 184 Å². The van der Waals surface area contributed by atoms with E-state index in [0.717, 1.165) is 11.6 Å². The maximum atomic E-state index is 12.9. The molecule has 32 heavy (non-hydrogen) atoms. The molecule has 0 aromatic heterocycles. The zero-order valence-electron chi connectivity index (χ0n) is 17.9. The number of benzene rings is 1. The third kappa shape index (κ3) is 6.83. The van der Waals surface area contributed by atoms with Crippen molar-refractivity contribution in [2.75, 3.05) is 49.9 Å². The van der Waals surface area contributed by atoms with Crippen LogP contribution in [0.25, 0.3) is 0 Å². The topological polar surface area (TPSA) is 73.9 Å². The number of cyclic esters (lactones) is 1. The van der Waals surface area contributed by atoms with E-state index in [-0.39, 0.29) is 19.1 Å². The Morgan fingerprint density at radius 3 is 2.62 bits per heavy atom. The largest absolute Gasteiger partial charge is 0.444 e. The molecule has 2 aliphatic rings. The minimum absolute atomic E-state index is 0.153. The molecule has 0 spiro atoms. The summed E-state index contributed by atoms with van der Waals surface area (Å²) in [6.07, 6.45) is -0.647. The highest BCUT2D eigenvalue weighted by atomic mass is 19.4. The lowest BCUT2D eigenvalue weighted by molar-refractivity contribution is -0.117. The van der Waals surface area contributed by atoms with Crippen LogP contribution in [0.1, 0.15) is 18.9 Å². The van der Waals surface area contributed by atoms with Crippen molar-refractivity contribution in [1.29, 1.82) is 0 Å². The molecule has 1 saturated heterocycles. The highest BCUT2D eigenvalue weighted by Gasteiger charge is 2.31. The van der Waals surface area contributed by atoms with Gasteiger partial charge in [-0.2, -0.15) is 13.2 Å². The molecule has 7 nitrogen and oxygen atoms in total. The molecule has 2 N–H and O–H groups in total. The van der Waals surface area contributed by atoms with E-state index in [0.29, 0.717) is 50.5 Å². The Morgan fingerprint density at radius 2 is 1.94 bits per heavy atom. The van der Waals surface area contributed by atoms with Crippen LogP contribution in [-0.4, -0.2) is 67.2 Å². The second-order valence-corrected chi connectivity index (χ2v) is 7.67. The Hall–Kier alpha value is -2.85. The van der Waals surface area contributed by atoms with Crippen LogP contribution in [0.3, 0.4) is 0 Å². The number of ether oxygens (including phenoxy) is 1. The molecule has 0 radical (unpaired) electrons. The average molecular weight is 452 g/mol. The van der Waals surface area contributed by atoms with Gasteiger partial charge in [0, 0.05) is 44.0 Å². The van der Waals surface area contributed by atoms with Gasteiger partial charge in [0.2, 0.25) is 5.91 Å². The summed E-state index contributed by atoms with van der Waals surface area (Å²) in [7, 11) is 0. The predicted octanol–water partition coefficient (Wildman–Crippen LogP) is 3.76. The third-order valence-electron chi connectivity index (χ3n) is 5.23. The molecule has 2 heterocycles. The molecule has 2 amide bonds. The van der Waals surface area contributed by atoms with Gasteiger partial charge in [0.15, 0.2) is 0 Å². The number of anilines is 2. The lowest BCUT2D eigenvalue weighted by Gasteiger charge is -2.33. The number of allylic oxidation sites excluding steroid dienone is 3. The molecular weight excluding hydrogens is 425 g/mol. The molecule has 0 saturated carbocycles. The molecule has 174 valence electrons. The van der Waals surface area contributed by atoms with E-state index in [1.165, 1.54) is 6.08 Å². The van der Waals surface area contributed by atoms with E-state index in [1.54, 1.807) is 31.2 Å².